The molecule has 0 saturated carbocycles. The largest absolute Gasteiger partial charge is 0.381 e. The fraction of sp³-hybridized carbons (Fsp3) is 0.438. The Kier molecular flexibility index (Phi) is 3.70. The number of fused-ring (bicyclic) bond motifs is 1. The van der Waals surface area contributed by atoms with Crippen LogP contribution in [0.15, 0.2) is 29.6 Å². The maximum Gasteiger partial charge on any atom is 0.173 e. The van der Waals surface area contributed by atoms with E-state index in [0.29, 0.717) is 30.0 Å². The first-order valence-electron chi connectivity index (χ1n) is 7.82. The van der Waals surface area contributed by atoms with Crippen LogP contribution in [0.4, 0.5) is 5.82 Å². The van der Waals surface area contributed by atoms with Crippen LogP contribution in [0.5, 0.6) is 0 Å². The third-order valence-electron chi connectivity index (χ3n) is 4.22. The summed E-state index contributed by atoms with van der Waals surface area (Å²) < 4.78 is 7.29. The van der Waals surface area contributed by atoms with E-state index < -0.39 is 0 Å². The number of nitrogens with zero attached hydrogens (tertiary/aromatic N) is 5. The van der Waals surface area contributed by atoms with Gasteiger partial charge in [0.1, 0.15) is 5.82 Å². The molecular formula is C16H17N5O2. The van der Waals surface area contributed by atoms with Gasteiger partial charge in [-0.3, -0.25) is 4.79 Å². The highest BCUT2D eigenvalue weighted by atomic mass is 16.5. The minimum absolute atomic E-state index is 0.0687. The van der Waals surface area contributed by atoms with Gasteiger partial charge in [0.15, 0.2) is 11.6 Å². The smallest absolute Gasteiger partial charge is 0.173 e. The number of Topliss-reactive ketones (excluding diaryl/α,β-unsaturated/α-hetero) is 1. The Labute approximate surface area is 133 Å². The van der Waals surface area contributed by atoms with Crippen LogP contribution in [-0.2, 0) is 11.2 Å². The van der Waals surface area contributed by atoms with Crippen LogP contribution in [0.25, 0.3) is 0 Å². The zero-order chi connectivity index (χ0) is 15.6. The summed E-state index contributed by atoms with van der Waals surface area (Å²) in [5.41, 5.74) is 1.41. The van der Waals surface area contributed by atoms with Crippen LogP contribution in [0.2, 0.25) is 0 Å². The first-order chi connectivity index (χ1) is 11.3. The van der Waals surface area contributed by atoms with Crippen molar-refractivity contribution in [1.29, 1.82) is 0 Å². The third-order valence-corrected chi connectivity index (χ3v) is 4.22. The number of hydrogen-bond donors (Lipinski definition) is 0. The molecule has 0 aliphatic carbocycles. The molecule has 7 nitrogen and oxygen atoms in total. The van der Waals surface area contributed by atoms with Crippen molar-refractivity contribution in [2.45, 2.75) is 31.7 Å². The van der Waals surface area contributed by atoms with E-state index in [1.165, 1.54) is 0 Å². The van der Waals surface area contributed by atoms with Crippen LogP contribution in [0, 0.1) is 0 Å². The molecule has 7 heteroatoms. The second kappa shape index (κ2) is 6.00. The topological polar surface area (TPSA) is 82.3 Å². The molecule has 2 aromatic heterocycles. The highest BCUT2D eigenvalue weighted by Gasteiger charge is 2.28. The Bertz CT molecular complexity index is 747. The van der Waals surface area contributed by atoms with Gasteiger partial charge in [-0.2, -0.15) is 5.10 Å². The summed E-state index contributed by atoms with van der Waals surface area (Å²) in [6.45, 7) is 1.45. The molecule has 0 amide bonds. The standard InChI is InChI=1S/C16H17N5O2/c22-14-8-11(9-15-17-4-1-5-18-15)20-16-13(14)10-19-21(16)12-2-6-23-7-3-12/h1,4-5,10,12H,2-3,6-9H2. The molecule has 0 radical (unpaired) electrons. The zero-order valence-electron chi connectivity index (χ0n) is 12.7. The summed E-state index contributed by atoms with van der Waals surface area (Å²) >= 11 is 0. The molecule has 0 unspecified atom stereocenters. The average Bonchev–Trinajstić information content (AvgIpc) is 3.01. The van der Waals surface area contributed by atoms with Gasteiger partial charge in [0.25, 0.3) is 0 Å². The molecule has 2 aliphatic heterocycles. The summed E-state index contributed by atoms with van der Waals surface area (Å²) in [7, 11) is 0. The van der Waals surface area contributed by atoms with Gasteiger partial charge in [-0.1, -0.05) is 0 Å². The molecule has 4 rings (SSSR count). The third kappa shape index (κ3) is 2.79. The number of ether oxygens (including phenoxy) is 1. The van der Waals surface area contributed by atoms with Crippen LogP contribution in [0.1, 0.15) is 41.5 Å². The molecule has 1 fully saturated rings. The Balaban J connectivity index is 1.65. The molecule has 118 valence electrons. The Morgan fingerprint density at radius 2 is 2.00 bits per heavy atom. The lowest BCUT2D eigenvalue weighted by Gasteiger charge is -2.24. The molecule has 4 heterocycles. The van der Waals surface area contributed by atoms with Gasteiger partial charge in [0.05, 0.1) is 24.2 Å². The van der Waals surface area contributed by atoms with E-state index in [2.05, 4.69) is 15.1 Å². The Morgan fingerprint density at radius 3 is 2.78 bits per heavy atom. The molecule has 23 heavy (non-hydrogen) atoms. The van der Waals surface area contributed by atoms with Gasteiger partial charge in [-0.25, -0.2) is 19.6 Å². The highest BCUT2D eigenvalue weighted by molar-refractivity contribution is 6.15. The summed E-state index contributed by atoms with van der Waals surface area (Å²) in [6.07, 6.45) is 7.64. The second-order valence-corrected chi connectivity index (χ2v) is 5.79. The van der Waals surface area contributed by atoms with Crippen molar-refractivity contribution in [2.75, 3.05) is 13.2 Å². The predicted octanol–water partition coefficient (Wildman–Crippen LogP) is 1.93. The van der Waals surface area contributed by atoms with Crippen LogP contribution in [0.3, 0.4) is 0 Å². The molecular weight excluding hydrogens is 294 g/mol. The minimum atomic E-state index is 0.0687. The van der Waals surface area contributed by atoms with Crippen molar-refractivity contribution < 1.29 is 9.53 Å². The van der Waals surface area contributed by atoms with Crippen molar-refractivity contribution in [3.05, 3.63) is 36.0 Å². The monoisotopic (exact) mass is 311 g/mol. The normalized spacial score (nSPS) is 18.6. The molecule has 0 spiro atoms. The first-order valence-corrected chi connectivity index (χ1v) is 7.82. The molecule has 2 aromatic rings. The van der Waals surface area contributed by atoms with Crippen molar-refractivity contribution in [3.8, 4) is 0 Å². The average molecular weight is 311 g/mol. The van der Waals surface area contributed by atoms with Gasteiger partial charge < -0.3 is 4.74 Å². The van der Waals surface area contributed by atoms with Crippen LogP contribution < -0.4 is 0 Å². The summed E-state index contributed by atoms with van der Waals surface area (Å²) in [6, 6.07) is 2.02. The van der Waals surface area contributed by atoms with E-state index in [-0.39, 0.29) is 11.8 Å². The van der Waals surface area contributed by atoms with E-state index in [1.54, 1.807) is 24.7 Å². The first kappa shape index (κ1) is 14.2. The second-order valence-electron chi connectivity index (χ2n) is 5.79. The number of carbonyl (C=O) groups is 1. The maximum absolute atomic E-state index is 12.4. The number of aromatic nitrogens is 4. The van der Waals surface area contributed by atoms with Crippen molar-refractivity contribution in [2.24, 2.45) is 4.99 Å². The molecule has 0 atom stereocenters. The number of rotatable bonds is 3. The minimum Gasteiger partial charge on any atom is -0.381 e. The summed E-state index contributed by atoms with van der Waals surface area (Å²) in [5.74, 6) is 1.43. The van der Waals surface area contributed by atoms with E-state index >= 15 is 0 Å². The number of aliphatic imine (C=N–C) groups is 1. The fourth-order valence-corrected chi connectivity index (χ4v) is 3.04. The number of hydrogen-bond acceptors (Lipinski definition) is 6. The Hall–Kier alpha value is -2.41. The molecule has 1 saturated heterocycles. The highest BCUT2D eigenvalue weighted by Crippen LogP contribution is 2.32. The zero-order valence-corrected chi connectivity index (χ0v) is 12.7. The van der Waals surface area contributed by atoms with Crippen molar-refractivity contribution in [1.82, 2.24) is 19.7 Å². The van der Waals surface area contributed by atoms with Gasteiger partial charge in [0.2, 0.25) is 0 Å². The van der Waals surface area contributed by atoms with E-state index in [4.69, 9.17) is 9.73 Å². The van der Waals surface area contributed by atoms with E-state index in [0.717, 1.165) is 31.8 Å². The molecule has 0 N–H and O–H groups in total. The quantitative estimate of drug-likeness (QED) is 0.865. The maximum atomic E-state index is 12.4. The van der Waals surface area contributed by atoms with Gasteiger partial charge in [-0.15, -0.1) is 0 Å². The van der Waals surface area contributed by atoms with Gasteiger partial charge in [-0.05, 0) is 18.9 Å². The predicted molar refractivity (Wildman–Crippen MR) is 83.1 cm³/mol. The van der Waals surface area contributed by atoms with E-state index in [9.17, 15) is 4.79 Å². The van der Waals surface area contributed by atoms with Crippen LogP contribution >= 0.6 is 0 Å². The lowest BCUT2D eigenvalue weighted by Crippen LogP contribution is -2.22. The molecule has 2 aliphatic rings. The van der Waals surface area contributed by atoms with Crippen LogP contribution in [-0.4, -0.2) is 44.5 Å². The number of carbonyl (C=O) groups excluding carboxylic acids is 1. The van der Waals surface area contributed by atoms with Gasteiger partial charge >= 0.3 is 0 Å². The lowest BCUT2D eigenvalue weighted by atomic mass is 10.0. The lowest BCUT2D eigenvalue weighted by molar-refractivity contribution is 0.0667. The number of ketones is 1. The summed E-state index contributed by atoms with van der Waals surface area (Å²) in [5, 5.41) is 4.42. The van der Waals surface area contributed by atoms with Gasteiger partial charge in [0, 0.05) is 37.7 Å². The Morgan fingerprint density at radius 1 is 1.22 bits per heavy atom. The SMILES string of the molecule is O=C1CC(Cc2ncccn2)=Nc2c1cnn2C1CCOCC1. The fourth-order valence-electron chi connectivity index (χ4n) is 3.04. The van der Waals surface area contributed by atoms with E-state index in [1.807, 2.05) is 4.68 Å². The molecule has 0 aromatic carbocycles. The van der Waals surface area contributed by atoms with Crippen molar-refractivity contribution >= 4 is 17.3 Å². The van der Waals surface area contributed by atoms with Crippen molar-refractivity contribution in [3.63, 3.8) is 0 Å². The molecule has 0 bridgehead atoms. The summed E-state index contributed by atoms with van der Waals surface area (Å²) in [4.78, 5) is 25.5.